The zero-order chi connectivity index (χ0) is 18.5. The molecule has 138 valence electrons. The Kier molecular flexibility index (Phi) is 5.92. The average Bonchev–Trinajstić information content (AvgIpc) is 3.12. The van der Waals surface area contributed by atoms with E-state index in [-0.39, 0.29) is 17.5 Å². The number of carbonyl (C=O) groups excluding carboxylic acids is 2. The molecule has 0 spiro atoms. The van der Waals surface area contributed by atoms with Gasteiger partial charge in [0.1, 0.15) is 0 Å². The van der Waals surface area contributed by atoms with Crippen molar-refractivity contribution in [2.75, 3.05) is 12.3 Å². The van der Waals surface area contributed by atoms with Crippen LogP contribution in [0.4, 0.5) is 0 Å². The van der Waals surface area contributed by atoms with Gasteiger partial charge in [-0.15, -0.1) is 5.10 Å². The first-order valence-electron chi connectivity index (χ1n) is 8.86. The summed E-state index contributed by atoms with van der Waals surface area (Å²) in [7, 11) is 0. The lowest BCUT2D eigenvalue weighted by molar-refractivity contribution is 0.0652. The lowest BCUT2D eigenvalue weighted by Gasteiger charge is -2.13. The van der Waals surface area contributed by atoms with Crippen LogP contribution >= 0.6 is 11.8 Å². The van der Waals surface area contributed by atoms with Crippen LogP contribution in [0.3, 0.4) is 0 Å². The molecule has 0 atom stereocenters. The molecule has 1 N–H and O–H groups in total. The van der Waals surface area contributed by atoms with Crippen LogP contribution in [-0.4, -0.2) is 43.8 Å². The number of carbonyl (C=O) groups is 2. The standard InChI is InChI=1S/C18H22N4O3S/c1-2-3-10-22-17(25)19-20-18(22)26-12-7-6-11-21-15(23)13-8-4-5-9-14(13)16(21)24/h4-5,8-9H,2-3,6-7,10-12H2,1H3,(H,19,25). The van der Waals surface area contributed by atoms with E-state index in [2.05, 4.69) is 17.1 Å². The molecule has 1 aliphatic rings. The van der Waals surface area contributed by atoms with Crippen LogP contribution in [0.5, 0.6) is 0 Å². The molecular formula is C18H22N4O3S. The van der Waals surface area contributed by atoms with Crippen molar-refractivity contribution in [3.8, 4) is 0 Å². The minimum Gasteiger partial charge on any atom is -0.274 e. The number of benzene rings is 1. The van der Waals surface area contributed by atoms with Gasteiger partial charge in [0.05, 0.1) is 11.1 Å². The minimum absolute atomic E-state index is 0.174. The molecule has 0 unspecified atom stereocenters. The largest absolute Gasteiger partial charge is 0.343 e. The quantitative estimate of drug-likeness (QED) is 0.414. The Balaban J connectivity index is 1.47. The first-order valence-corrected chi connectivity index (χ1v) is 9.85. The summed E-state index contributed by atoms with van der Waals surface area (Å²) >= 11 is 1.52. The van der Waals surface area contributed by atoms with Crippen molar-refractivity contribution in [1.82, 2.24) is 19.7 Å². The molecule has 2 amide bonds. The van der Waals surface area contributed by atoms with Crippen LogP contribution in [-0.2, 0) is 6.54 Å². The van der Waals surface area contributed by atoms with Crippen molar-refractivity contribution in [2.45, 2.75) is 44.3 Å². The summed E-state index contributed by atoms with van der Waals surface area (Å²) in [5.74, 6) is 0.359. The molecule has 0 fully saturated rings. The van der Waals surface area contributed by atoms with E-state index in [4.69, 9.17) is 0 Å². The van der Waals surface area contributed by atoms with E-state index in [9.17, 15) is 14.4 Å². The Hall–Kier alpha value is -2.35. The highest BCUT2D eigenvalue weighted by molar-refractivity contribution is 7.99. The Bertz CT molecular complexity index is 823. The zero-order valence-corrected chi connectivity index (χ0v) is 15.6. The van der Waals surface area contributed by atoms with Crippen LogP contribution < -0.4 is 5.69 Å². The van der Waals surface area contributed by atoms with Gasteiger partial charge in [0.15, 0.2) is 5.16 Å². The van der Waals surface area contributed by atoms with Crippen LogP contribution in [0.25, 0.3) is 0 Å². The van der Waals surface area contributed by atoms with Crippen molar-refractivity contribution in [1.29, 1.82) is 0 Å². The van der Waals surface area contributed by atoms with E-state index < -0.39 is 0 Å². The van der Waals surface area contributed by atoms with Gasteiger partial charge in [0.2, 0.25) is 0 Å². The number of nitrogens with zero attached hydrogens (tertiary/aromatic N) is 3. The fraction of sp³-hybridized carbons (Fsp3) is 0.444. The van der Waals surface area contributed by atoms with E-state index >= 15 is 0 Å². The molecule has 2 heterocycles. The highest BCUT2D eigenvalue weighted by Crippen LogP contribution is 2.23. The number of imide groups is 1. The number of rotatable bonds is 9. The highest BCUT2D eigenvalue weighted by Gasteiger charge is 2.34. The van der Waals surface area contributed by atoms with Crippen LogP contribution in [0.2, 0.25) is 0 Å². The molecule has 0 radical (unpaired) electrons. The van der Waals surface area contributed by atoms with Gasteiger partial charge in [-0.2, -0.15) is 0 Å². The molecule has 7 nitrogen and oxygen atoms in total. The second-order valence-corrected chi connectivity index (χ2v) is 7.24. The SMILES string of the molecule is CCCCn1c(SCCCCN2C(=O)c3ccccc3C2=O)n[nH]c1=O. The van der Waals surface area contributed by atoms with E-state index in [0.717, 1.165) is 31.4 Å². The summed E-state index contributed by atoms with van der Waals surface area (Å²) in [6.07, 6.45) is 3.50. The zero-order valence-electron chi connectivity index (χ0n) is 14.7. The lowest BCUT2D eigenvalue weighted by atomic mass is 10.1. The first kappa shape index (κ1) is 18.4. The number of aromatic nitrogens is 3. The highest BCUT2D eigenvalue weighted by atomic mass is 32.2. The second-order valence-electron chi connectivity index (χ2n) is 6.18. The molecular weight excluding hydrogens is 352 g/mol. The maximum Gasteiger partial charge on any atom is 0.343 e. The van der Waals surface area contributed by atoms with Crippen molar-refractivity contribution in [2.24, 2.45) is 0 Å². The molecule has 3 rings (SSSR count). The molecule has 26 heavy (non-hydrogen) atoms. The first-order chi connectivity index (χ1) is 12.6. The molecule has 1 aliphatic heterocycles. The number of unbranched alkanes of at least 4 members (excludes halogenated alkanes) is 2. The van der Waals surface area contributed by atoms with E-state index in [1.54, 1.807) is 28.8 Å². The number of nitrogens with one attached hydrogen (secondary N) is 1. The Morgan fingerprint density at radius 2 is 1.69 bits per heavy atom. The minimum atomic E-state index is -0.209. The monoisotopic (exact) mass is 374 g/mol. The van der Waals surface area contributed by atoms with Gasteiger partial charge in [0.25, 0.3) is 11.8 Å². The average molecular weight is 374 g/mol. The summed E-state index contributed by atoms with van der Waals surface area (Å²) < 4.78 is 1.67. The maximum atomic E-state index is 12.3. The second kappa shape index (κ2) is 8.35. The van der Waals surface area contributed by atoms with Crippen molar-refractivity contribution >= 4 is 23.6 Å². The Morgan fingerprint density at radius 1 is 1.00 bits per heavy atom. The maximum absolute atomic E-state index is 12.3. The Labute approximate surface area is 155 Å². The van der Waals surface area contributed by atoms with Crippen LogP contribution in [0, 0.1) is 0 Å². The smallest absolute Gasteiger partial charge is 0.274 e. The van der Waals surface area contributed by atoms with Gasteiger partial charge in [-0.1, -0.05) is 37.2 Å². The Morgan fingerprint density at radius 3 is 2.35 bits per heavy atom. The third-order valence-electron chi connectivity index (χ3n) is 4.34. The number of amides is 2. The molecule has 0 bridgehead atoms. The molecule has 0 saturated carbocycles. The topological polar surface area (TPSA) is 88.1 Å². The predicted octanol–water partition coefficient (Wildman–Crippen LogP) is 2.54. The van der Waals surface area contributed by atoms with Gasteiger partial charge >= 0.3 is 5.69 Å². The van der Waals surface area contributed by atoms with Crippen LogP contribution in [0.15, 0.2) is 34.2 Å². The summed E-state index contributed by atoms with van der Waals surface area (Å²) in [5, 5.41) is 7.26. The van der Waals surface area contributed by atoms with Gasteiger partial charge in [-0.25, -0.2) is 9.89 Å². The van der Waals surface area contributed by atoms with Gasteiger partial charge in [0, 0.05) is 18.8 Å². The third-order valence-corrected chi connectivity index (χ3v) is 5.41. The fourth-order valence-electron chi connectivity index (χ4n) is 2.90. The normalized spacial score (nSPS) is 13.5. The summed E-state index contributed by atoms with van der Waals surface area (Å²) in [4.78, 5) is 37.6. The van der Waals surface area contributed by atoms with E-state index in [1.165, 1.54) is 16.7 Å². The molecule has 0 aliphatic carbocycles. The van der Waals surface area contributed by atoms with E-state index in [1.807, 2.05) is 0 Å². The molecule has 1 aromatic heterocycles. The number of hydrogen-bond donors (Lipinski definition) is 1. The number of thioether (sulfide) groups is 1. The summed E-state index contributed by atoms with van der Waals surface area (Å²) in [6.45, 7) is 3.16. The van der Waals surface area contributed by atoms with Crippen molar-refractivity contribution < 1.29 is 9.59 Å². The number of fused-ring (bicyclic) bond motifs is 1. The summed E-state index contributed by atoms with van der Waals surface area (Å²) in [6, 6.07) is 6.93. The van der Waals surface area contributed by atoms with Gasteiger partial charge in [-0.3, -0.25) is 19.1 Å². The van der Waals surface area contributed by atoms with Gasteiger partial charge in [-0.05, 0) is 31.4 Å². The van der Waals surface area contributed by atoms with Crippen molar-refractivity contribution in [3.63, 3.8) is 0 Å². The molecule has 2 aromatic rings. The number of hydrogen-bond acceptors (Lipinski definition) is 5. The predicted molar refractivity (Wildman–Crippen MR) is 99.5 cm³/mol. The molecule has 1 aromatic carbocycles. The number of H-pyrrole nitrogens is 1. The lowest BCUT2D eigenvalue weighted by Crippen LogP contribution is -2.30. The molecule has 0 saturated heterocycles. The summed E-state index contributed by atoms with van der Waals surface area (Å²) in [5.41, 5.74) is 0.804. The van der Waals surface area contributed by atoms with Gasteiger partial charge < -0.3 is 0 Å². The van der Waals surface area contributed by atoms with Crippen LogP contribution in [0.1, 0.15) is 53.3 Å². The third kappa shape index (κ3) is 3.75. The molecule has 8 heteroatoms. The van der Waals surface area contributed by atoms with Crippen molar-refractivity contribution in [3.05, 3.63) is 45.9 Å². The van der Waals surface area contributed by atoms with E-state index in [0.29, 0.717) is 29.4 Å². The fourth-order valence-corrected chi connectivity index (χ4v) is 3.88. The number of aromatic amines is 1.